The van der Waals surface area contributed by atoms with Crippen LogP contribution in [0.5, 0.6) is 11.5 Å². The minimum atomic E-state index is 0.0351. The first kappa shape index (κ1) is 20.8. The van der Waals surface area contributed by atoms with Gasteiger partial charge in [-0.3, -0.25) is 4.79 Å². The second-order valence-electron chi connectivity index (χ2n) is 6.35. The van der Waals surface area contributed by atoms with Gasteiger partial charge in [-0.05, 0) is 43.0 Å². The lowest BCUT2D eigenvalue weighted by Crippen LogP contribution is -2.25. The van der Waals surface area contributed by atoms with E-state index in [-0.39, 0.29) is 12.0 Å². The maximum Gasteiger partial charge on any atom is 0.220 e. The van der Waals surface area contributed by atoms with Crippen LogP contribution in [0, 0.1) is 0 Å². The number of carbonyl (C=O) groups excluding carboxylic acids is 1. The van der Waals surface area contributed by atoms with Crippen LogP contribution in [-0.4, -0.2) is 33.3 Å². The Bertz CT molecular complexity index is 680. The molecule has 0 saturated heterocycles. The molecular formula is C22H29NO4. The molecule has 0 aliphatic carbocycles. The summed E-state index contributed by atoms with van der Waals surface area (Å²) in [5, 5.41) is 2.94. The fourth-order valence-corrected chi connectivity index (χ4v) is 2.74. The van der Waals surface area contributed by atoms with Crippen molar-refractivity contribution >= 4 is 5.91 Å². The van der Waals surface area contributed by atoms with Crippen LogP contribution in [0.1, 0.15) is 37.0 Å². The zero-order valence-electron chi connectivity index (χ0n) is 16.4. The Kier molecular flexibility index (Phi) is 8.65. The summed E-state index contributed by atoms with van der Waals surface area (Å²) >= 11 is 0. The van der Waals surface area contributed by atoms with E-state index in [1.165, 1.54) is 0 Å². The van der Waals surface area contributed by atoms with Gasteiger partial charge in [-0.1, -0.05) is 30.3 Å². The summed E-state index contributed by atoms with van der Waals surface area (Å²) in [4.78, 5) is 12.0. The van der Waals surface area contributed by atoms with Gasteiger partial charge in [0.1, 0.15) is 11.5 Å². The molecule has 1 N–H and O–H groups in total. The molecule has 2 aromatic carbocycles. The van der Waals surface area contributed by atoms with Gasteiger partial charge in [0.2, 0.25) is 5.91 Å². The van der Waals surface area contributed by atoms with Gasteiger partial charge in [0.25, 0.3) is 0 Å². The van der Waals surface area contributed by atoms with Crippen LogP contribution in [0.4, 0.5) is 0 Å². The number of carbonyl (C=O) groups is 1. The predicted molar refractivity (Wildman–Crippen MR) is 106 cm³/mol. The van der Waals surface area contributed by atoms with Gasteiger partial charge in [-0.2, -0.15) is 0 Å². The summed E-state index contributed by atoms with van der Waals surface area (Å²) in [5.74, 6) is 1.50. The van der Waals surface area contributed by atoms with Crippen molar-refractivity contribution in [1.82, 2.24) is 5.32 Å². The number of hydrogen-bond acceptors (Lipinski definition) is 4. The van der Waals surface area contributed by atoms with Crippen molar-refractivity contribution < 1.29 is 19.0 Å². The highest BCUT2D eigenvalue weighted by Crippen LogP contribution is 2.23. The molecule has 0 aliphatic rings. The molecule has 0 aliphatic heterocycles. The first-order valence-electron chi connectivity index (χ1n) is 9.27. The van der Waals surface area contributed by atoms with Crippen LogP contribution in [0.15, 0.2) is 48.5 Å². The molecule has 2 aromatic rings. The quantitative estimate of drug-likeness (QED) is 0.608. The fourth-order valence-electron chi connectivity index (χ4n) is 2.74. The lowest BCUT2D eigenvalue weighted by atomic mass is 10.1. The summed E-state index contributed by atoms with van der Waals surface area (Å²) in [7, 11) is 3.23. The molecule has 2 rings (SSSR count). The van der Waals surface area contributed by atoms with Crippen molar-refractivity contribution in [2.75, 3.05) is 27.4 Å². The zero-order valence-corrected chi connectivity index (χ0v) is 16.4. The number of rotatable bonds is 11. The number of amides is 1. The Labute approximate surface area is 161 Å². The molecule has 5 nitrogen and oxygen atoms in total. The third-order valence-corrected chi connectivity index (χ3v) is 4.33. The fraction of sp³-hybridized carbons (Fsp3) is 0.409. The van der Waals surface area contributed by atoms with E-state index in [2.05, 4.69) is 17.4 Å². The second-order valence-corrected chi connectivity index (χ2v) is 6.35. The van der Waals surface area contributed by atoms with Gasteiger partial charge in [-0.25, -0.2) is 0 Å². The summed E-state index contributed by atoms with van der Waals surface area (Å²) < 4.78 is 16.3. The highest BCUT2D eigenvalue weighted by Gasteiger charge is 2.07. The zero-order chi connectivity index (χ0) is 19.5. The molecule has 27 heavy (non-hydrogen) atoms. The number of ether oxygens (including phenoxy) is 3. The van der Waals surface area contributed by atoms with E-state index in [9.17, 15) is 4.79 Å². The minimum absolute atomic E-state index is 0.0351. The van der Waals surface area contributed by atoms with Gasteiger partial charge >= 0.3 is 0 Å². The second kappa shape index (κ2) is 11.2. The first-order chi connectivity index (χ1) is 13.1. The van der Waals surface area contributed by atoms with Gasteiger partial charge in [-0.15, -0.1) is 0 Å². The third kappa shape index (κ3) is 7.31. The van der Waals surface area contributed by atoms with E-state index in [1.54, 1.807) is 14.2 Å². The number of aryl methyl sites for hydroxylation is 1. The number of hydrogen-bond donors (Lipinski definition) is 1. The molecule has 0 radical (unpaired) electrons. The molecule has 0 unspecified atom stereocenters. The maximum atomic E-state index is 12.0. The van der Waals surface area contributed by atoms with Crippen LogP contribution in [0.3, 0.4) is 0 Å². The normalized spacial score (nSPS) is 11.7. The molecule has 0 spiro atoms. The van der Waals surface area contributed by atoms with Crippen LogP contribution in [0.2, 0.25) is 0 Å². The van der Waals surface area contributed by atoms with Crippen LogP contribution >= 0.6 is 0 Å². The summed E-state index contributed by atoms with van der Waals surface area (Å²) in [6.45, 7) is 3.27. The third-order valence-electron chi connectivity index (χ3n) is 4.33. The average Bonchev–Trinajstić information content (AvgIpc) is 2.72. The number of nitrogens with one attached hydrogen (secondary N) is 1. The molecular weight excluding hydrogens is 342 g/mol. The smallest absolute Gasteiger partial charge is 0.220 e. The van der Waals surface area contributed by atoms with Crippen LogP contribution in [-0.2, 0) is 16.0 Å². The van der Waals surface area contributed by atoms with Gasteiger partial charge in [0, 0.05) is 25.6 Å². The van der Waals surface area contributed by atoms with E-state index >= 15 is 0 Å². The summed E-state index contributed by atoms with van der Waals surface area (Å²) in [5.41, 5.74) is 2.18. The lowest BCUT2D eigenvalue weighted by molar-refractivity contribution is -0.121. The van der Waals surface area contributed by atoms with Gasteiger partial charge < -0.3 is 19.5 Å². The van der Waals surface area contributed by atoms with E-state index < -0.39 is 0 Å². The number of benzene rings is 2. The van der Waals surface area contributed by atoms with Crippen molar-refractivity contribution in [3.05, 3.63) is 59.7 Å². The van der Waals surface area contributed by atoms with E-state index in [1.807, 2.05) is 43.3 Å². The lowest BCUT2D eigenvalue weighted by Gasteiger charge is -2.13. The molecule has 0 heterocycles. The first-order valence-corrected chi connectivity index (χ1v) is 9.27. The Balaban J connectivity index is 1.64. The van der Waals surface area contributed by atoms with Crippen molar-refractivity contribution in [1.29, 1.82) is 0 Å². The maximum absolute atomic E-state index is 12.0. The Hall–Kier alpha value is -2.53. The van der Waals surface area contributed by atoms with Crippen molar-refractivity contribution in [2.24, 2.45) is 0 Å². The highest BCUT2D eigenvalue weighted by molar-refractivity contribution is 5.76. The van der Waals surface area contributed by atoms with E-state index in [0.29, 0.717) is 26.0 Å². The van der Waals surface area contributed by atoms with E-state index in [0.717, 1.165) is 29.0 Å². The minimum Gasteiger partial charge on any atom is -0.497 e. The topological polar surface area (TPSA) is 56.8 Å². The Morgan fingerprint density at radius 1 is 1.04 bits per heavy atom. The monoisotopic (exact) mass is 371 g/mol. The van der Waals surface area contributed by atoms with Crippen molar-refractivity contribution in [3.63, 3.8) is 0 Å². The molecule has 0 saturated carbocycles. The molecule has 146 valence electrons. The predicted octanol–water partition coefficient (Wildman–Crippen LogP) is 3.92. The average molecular weight is 371 g/mol. The van der Waals surface area contributed by atoms with Gasteiger partial charge in [0.15, 0.2) is 0 Å². The molecule has 5 heteroatoms. The Morgan fingerprint density at radius 3 is 2.33 bits per heavy atom. The SMILES string of the molecule is COc1cc(CCC(=O)NCCCO[C@@H](C)c2ccccc2)cc(OC)c1. The Morgan fingerprint density at radius 2 is 1.70 bits per heavy atom. The largest absolute Gasteiger partial charge is 0.497 e. The molecule has 0 fully saturated rings. The highest BCUT2D eigenvalue weighted by atomic mass is 16.5. The molecule has 0 bridgehead atoms. The van der Waals surface area contributed by atoms with Gasteiger partial charge in [0.05, 0.1) is 20.3 Å². The van der Waals surface area contributed by atoms with Crippen LogP contribution in [0.25, 0.3) is 0 Å². The summed E-state index contributed by atoms with van der Waals surface area (Å²) in [6, 6.07) is 15.8. The molecule has 0 aromatic heterocycles. The van der Waals surface area contributed by atoms with Crippen molar-refractivity contribution in [3.8, 4) is 11.5 Å². The summed E-state index contributed by atoms with van der Waals surface area (Å²) in [6.07, 6.45) is 1.92. The van der Waals surface area contributed by atoms with Crippen molar-refractivity contribution in [2.45, 2.75) is 32.3 Å². The van der Waals surface area contributed by atoms with E-state index in [4.69, 9.17) is 14.2 Å². The van der Waals surface area contributed by atoms with Crippen LogP contribution < -0.4 is 14.8 Å². The molecule has 1 amide bonds. The number of methoxy groups -OCH3 is 2. The molecule has 1 atom stereocenters. The standard InChI is InChI=1S/C22H29NO4/c1-17(19-8-5-4-6-9-19)27-13-7-12-23-22(24)11-10-18-14-20(25-2)16-21(15-18)26-3/h4-6,8-9,14-17H,7,10-13H2,1-3H3,(H,23,24)/t17-/m0/s1.